The lowest BCUT2D eigenvalue weighted by Gasteiger charge is -2.04. The van der Waals surface area contributed by atoms with Crippen LogP contribution in [0.2, 0.25) is 5.02 Å². The number of hydrogen-bond donors (Lipinski definition) is 0. The van der Waals surface area contributed by atoms with E-state index in [1.165, 1.54) is 23.9 Å². The molecule has 0 aliphatic carbocycles. The van der Waals surface area contributed by atoms with Gasteiger partial charge >= 0.3 is 0 Å². The van der Waals surface area contributed by atoms with Crippen LogP contribution in [0.15, 0.2) is 41.3 Å². The van der Waals surface area contributed by atoms with Crippen LogP contribution in [0.5, 0.6) is 0 Å². The Morgan fingerprint density at radius 1 is 0.944 bits per heavy atom. The molecule has 0 atom stereocenters. The van der Waals surface area contributed by atoms with E-state index in [4.69, 9.17) is 11.6 Å². The first-order valence-electron chi connectivity index (χ1n) is 5.08. The van der Waals surface area contributed by atoms with Gasteiger partial charge in [0.05, 0.1) is 5.02 Å². The molecular weight excluding hydrogens is 281 g/mol. The van der Waals surface area contributed by atoms with Gasteiger partial charge in [-0.05, 0) is 36.4 Å². The quantitative estimate of drug-likeness (QED) is 0.712. The third-order valence-corrected chi connectivity index (χ3v) is 3.64. The number of benzene rings is 2. The van der Waals surface area contributed by atoms with Gasteiger partial charge in [0.25, 0.3) is 0 Å². The summed E-state index contributed by atoms with van der Waals surface area (Å²) in [6.45, 7) is 0. The van der Waals surface area contributed by atoms with Gasteiger partial charge in [-0.2, -0.15) is 0 Å². The van der Waals surface area contributed by atoms with E-state index in [2.05, 4.69) is 0 Å². The number of hydrogen-bond acceptors (Lipinski definition) is 1. The Morgan fingerprint density at radius 3 is 2.44 bits per heavy atom. The second-order valence-electron chi connectivity index (χ2n) is 3.60. The van der Waals surface area contributed by atoms with Crippen molar-refractivity contribution in [2.75, 3.05) is 0 Å². The van der Waals surface area contributed by atoms with Crippen LogP contribution in [-0.4, -0.2) is 0 Å². The molecule has 2 rings (SSSR count). The minimum Gasteiger partial charge on any atom is -0.207 e. The number of rotatable bonds is 3. The Bertz CT molecular complexity index is 572. The zero-order valence-corrected chi connectivity index (χ0v) is 10.7. The van der Waals surface area contributed by atoms with Gasteiger partial charge in [-0.1, -0.05) is 11.6 Å². The van der Waals surface area contributed by atoms with E-state index in [1.54, 1.807) is 6.07 Å². The molecule has 0 aliphatic rings. The molecule has 0 aromatic heterocycles. The molecule has 2 aromatic rings. The molecule has 0 unspecified atom stereocenters. The molecule has 0 saturated heterocycles. The summed E-state index contributed by atoms with van der Waals surface area (Å²) >= 11 is 6.76. The van der Waals surface area contributed by atoms with Crippen molar-refractivity contribution in [2.24, 2.45) is 0 Å². The van der Waals surface area contributed by atoms with E-state index < -0.39 is 17.5 Å². The fraction of sp³-hybridized carbons (Fsp3) is 0.0769. The van der Waals surface area contributed by atoms with Crippen LogP contribution in [0.4, 0.5) is 13.2 Å². The van der Waals surface area contributed by atoms with Crippen molar-refractivity contribution >= 4 is 23.4 Å². The fourth-order valence-electron chi connectivity index (χ4n) is 1.38. The molecule has 0 aliphatic heterocycles. The maximum absolute atomic E-state index is 13.3. The van der Waals surface area contributed by atoms with Crippen LogP contribution in [0.25, 0.3) is 0 Å². The molecule has 94 valence electrons. The molecule has 0 bridgehead atoms. The first-order valence-corrected chi connectivity index (χ1v) is 6.44. The van der Waals surface area contributed by atoms with Crippen LogP contribution in [0, 0.1) is 17.5 Å². The normalized spacial score (nSPS) is 10.7. The fourth-order valence-corrected chi connectivity index (χ4v) is 2.39. The standard InChI is InChI=1S/C13H8ClF3S/c14-11-3-2-10(6-13(11)17)18-7-8-5-9(15)1-4-12(8)16/h1-6H,7H2. The minimum atomic E-state index is -0.526. The van der Waals surface area contributed by atoms with E-state index in [0.717, 1.165) is 18.2 Å². The third kappa shape index (κ3) is 3.21. The summed E-state index contributed by atoms with van der Waals surface area (Å²) in [4.78, 5) is 0.612. The average Bonchev–Trinajstić information content (AvgIpc) is 2.34. The summed E-state index contributed by atoms with van der Waals surface area (Å²) in [5.74, 6) is -1.26. The van der Waals surface area contributed by atoms with Crippen molar-refractivity contribution in [1.29, 1.82) is 0 Å². The molecule has 5 heteroatoms. The van der Waals surface area contributed by atoms with E-state index in [-0.39, 0.29) is 16.3 Å². The predicted octanol–water partition coefficient (Wildman–Crippen LogP) is 5.05. The van der Waals surface area contributed by atoms with Crippen molar-refractivity contribution in [3.05, 3.63) is 64.4 Å². The molecule has 0 nitrogen and oxygen atoms in total. The summed E-state index contributed by atoms with van der Waals surface area (Å²) in [6.07, 6.45) is 0. The SMILES string of the molecule is Fc1ccc(F)c(CSc2ccc(Cl)c(F)c2)c1. The molecule has 18 heavy (non-hydrogen) atoms. The van der Waals surface area contributed by atoms with Crippen molar-refractivity contribution < 1.29 is 13.2 Å². The zero-order chi connectivity index (χ0) is 13.1. The van der Waals surface area contributed by atoms with Crippen molar-refractivity contribution in [3.8, 4) is 0 Å². The highest BCUT2D eigenvalue weighted by atomic mass is 35.5. The summed E-state index contributed by atoms with van der Waals surface area (Å²) in [7, 11) is 0. The summed E-state index contributed by atoms with van der Waals surface area (Å²) in [5.41, 5.74) is 0.246. The highest BCUT2D eigenvalue weighted by Gasteiger charge is 2.06. The highest BCUT2D eigenvalue weighted by Crippen LogP contribution is 2.27. The maximum Gasteiger partial charge on any atom is 0.142 e. The first kappa shape index (κ1) is 13.3. The van der Waals surface area contributed by atoms with Crippen molar-refractivity contribution in [2.45, 2.75) is 10.6 Å². The molecule has 0 fully saturated rings. The van der Waals surface area contributed by atoms with Crippen LogP contribution >= 0.6 is 23.4 Å². The summed E-state index contributed by atoms with van der Waals surface area (Å²) in [5, 5.41) is 0.0382. The lowest BCUT2D eigenvalue weighted by Crippen LogP contribution is -1.89. The molecule has 0 spiro atoms. The Morgan fingerprint density at radius 2 is 1.72 bits per heavy atom. The van der Waals surface area contributed by atoms with E-state index in [1.807, 2.05) is 0 Å². The Balaban J connectivity index is 2.11. The smallest absolute Gasteiger partial charge is 0.142 e. The van der Waals surface area contributed by atoms with Gasteiger partial charge in [0.15, 0.2) is 0 Å². The zero-order valence-electron chi connectivity index (χ0n) is 9.09. The molecule has 2 aromatic carbocycles. The topological polar surface area (TPSA) is 0 Å². The van der Waals surface area contributed by atoms with Gasteiger partial charge in [0.1, 0.15) is 17.5 Å². The van der Waals surface area contributed by atoms with Gasteiger partial charge in [0, 0.05) is 16.2 Å². The number of halogens is 4. The molecular formula is C13H8ClF3S. The average molecular weight is 289 g/mol. The van der Waals surface area contributed by atoms with Crippen LogP contribution < -0.4 is 0 Å². The predicted molar refractivity (Wildman–Crippen MR) is 67.3 cm³/mol. The largest absolute Gasteiger partial charge is 0.207 e. The molecule has 0 radical (unpaired) electrons. The van der Waals surface area contributed by atoms with Gasteiger partial charge in [0.2, 0.25) is 0 Å². The van der Waals surface area contributed by atoms with Gasteiger partial charge in [-0.15, -0.1) is 11.8 Å². The second kappa shape index (κ2) is 5.67. The van der Waals surface area contributed by atoms with Crippen LogP contribution in [-0.2, 0) is 5.75 Å². The van der Waals surface area contributed by atoms with Crippen molar-refractivity contribution in [1.82, 2.24) is 0 Å². The number of thioether (sulfide) groups is 1. The maximum atomic E-state index is 13.3. The van der Waals surface area contributed by atoms with E-state index in [0.29, 0.717) is 4.90 Å². The molecule has 0 N–H and O–H groups in total. The summed E-state index contributed by atoms with van der Waals surface area (Å²) < 4.78 is 39.4. The minimum absolute atomic E-state index is 0.0382. The first-order chi connectivity index (χ1) is 8.56. The summed E-state index contributed by atoms with van der Waals surface area (Å²) in [6, 6.07) is 7.60. The Labute approximate surface area is 112 Å². The highest BCUT2D eigenvalue weighted by molar-refractivity contribution is 7.98. The van der Waals surface area contributed by atoms with Crippen LogP contribution in [0.1, 0.15) is 5.56 Å². The third-order valence-electron chi connectivity index (χ3n) is 2.29. The van der Waals surface area contributed by atoms with Crippen LogP contribution in [0.3, 0.4) is 0 Å². The van der Waals surface area contributed by atoms with Gasteiger partial charge in [-0.3, -0.25) is 0 Å². The monoisotopic (exact) mass is 288 g/mol. The molecule has 0 saturated carbocycles. The van der Waals surface area contributed by atoms with Gasteiger partial charge in [-0.25, -0.2) is 13.2 Å². The Kier molecular flexibility index (Phi) is 4.19. The molecule has 0 heterocycles. The van der Waals surface area contributed by atoms with E-state index in [9.17, 15) is 13.2 Å². The lowest BCUT2D eigenvalue weighted by atomic mass is 10.2. The Hall–Kier alpha value is -1.13. The molecule has 0 amide bonds. The lowest BCUT2D eigenvalue weighted by molar-refractivity contribution is 0.591. The second-order valence-corrected chi connectivity index (χ2v) is 5.06. The van der Waals surface area contributed by atoms with Crippen molar-refractivity contribution in [3.63, 3.8) is 0 Å². The van der Waals surface area contributed by atoms with Gasteiger partial charge < -0.3 is 0 Å². The van der Waals surface area contributed by atoms with E-state index >= 15 is 0 Å².